The summed E-state index contributed by atoms with van der Waals surface area (Å²) in [6.07, 6.45) is 0.186. The third kappa shape index (κ3) is 4.78. The van der Waals surface area contributed by atoms with Crippen molar-refractivity contribution in [1.82, 2.24) is 19.5 Å². The highest BCUT2D eigenvalue weighted by molar-refractivity contribution is 5.76. The lowest BCUT2D eigenvalue weighted by Gasteiger charge is -2.37. The van der Waals surface area contributed by atoms with Gasteiger partial charge in [0.05, 0.1) is 6.10 Å². The van der Waals surface area contributed by atoms with Crippen molar-refractivity contribution in [1.29, 1.82) is 0 Å². The summed E-state index contributed by atoms with van der Waals surface area (Å²) in [5, 5.41) is 16.2. The molecule has 33 heavy (non-hydrogen) atoms. The van der Waals surface area contributed by atoms with Crippen LogP contribution in [0.5, 0.6) is 5.75 Å². The second kappa shape index (κ2) is 8.51. The number of nitrogens with one attached hydrogen (secondary N) is 1. The van der Waals surface area contributed by atoms with Crippen LogP contribution >= 0.6 is 0 Å². The molecular formula is C21H18F3N5O4. The van der Waals surface area contributed by atoms with Gasteiger partial charge in [-0.25, -0.2) is 13.9 Å². The van der Waals surface area contributed by atoms with Gasteiger partial charge in [0.2, 0.25) is 5.91 Å². The van der Waals surface area contributed by atoms with E-state index in [1.807, 2.05) is 4.90 Å². The minimum absolute atomic E-state index is 0.334. The van der Waals surface area contributed by atoms with Gasteiger partial charge in [0.1, 0.15) is 24.2 Å². The number of carbonyl (C=O) groups is 1. The van der Waals surface area contributed by atoms with Crippen LogP contribution in [0.25, 0.3) is 5.65 Å². The van der Waals surface area contributed by atoms with Crippen molar-refractivity contribution in [3.8, 4) is 18.1 Å². The van der Waals surface area contributed by atoms with Crippen LogP contribution in [-0.2, 0) is 11.3 Å². The van der Waals surface area contributed by atoms with Gasteiger partial charge >= 0.3 is 12.1 Å². The van der Waals surface area contributed by atoms with Crippen molar-refractivity contribution in [2.24, 2.45) is 0 Å². The number of amides is 1. The molecule has 0 radical (unpaired) electrons. The molecule has 12 heteroatoms. The third-order valence-electron chi connectivity index (χ3n) is 4.98. The van der Waals surface area contributed by atoms with Crippen molar-refractivity contribution in [2.45, 2.75) is 25.1 Å². The van der Waals surface area contributed by atoms with Gasteiger partial charge in [-0.15, -0.1) is 24.7 Å². The quantitative estimate of drug-likeness (QED) is 0.533. The molecule has 0 bridgehead atoms. The summed E-state index contributed by atoms with van der Waals surface area (Å²) in [5.74, 6) is 1.87. The maximum Gasteiger partial charge on any atom is 0.573 e. The number of β-amino-alcohol motifs (C(OH)–C–C–N with tert-alkyl or cyclic N) is 1. The highest BCUT2D eigenvalue weighted by Crippen LogP contribution is 2.24. The van der Waals surface area contributed by atoms with E-state index in [0.717, 1.165) is 16.8 Å². The van der Waals surface area contributed by atoms with Crippen LogP contribution < -0.4 is 20.6 Å². The maximum absolute atomic E-state index is 12.8. The average Bonchev–Trinajstić information content (AvgIpc) is 3.05. The fourth-order valence-electron chi connectivity index (χ4n) is 3.46. The number of fused-ring (bicyclic) bond motifs is 1. The molecule has 2 aromatic heterocycles. The minimum atomic E-state index is -4.82. The van der Waals surface area contributed by atoms with E-state index in [1.54, 1.807) is 18.2 Å². The van der Waals surface area contributed by atoms with Gasteiger partial charge in [-0.3, -0.25) is 4.79 Å². The number of anilines is 1. The number of rotatable bonds is 6. The Balaban J connectivity index is 1.48. The fourth-order valence-corrected chi connectivity index (χ4v) is 3.46. The van der Waals surface area contributed by atoms with Gasteiger partial charge in [0.25, 0.3) is 0 Å². The van der Waals surface area contributed by atoms with E-state index in [1.165, 1.54) is 16.5 Å². The molecule has 1 aliphatic rings. The molecule has 2 N–H and O–H groups in total. The number of ether oxygens (including phenoxy) is 1. The monoisotopic (exact) mass is 461 g/mol. The van der Waals surface area contributed by atoms with E-state index in [4.69, 9.17) is 6.42 Å². The van der Waals surface area contributed by atoms with Crippen molar-refractivity contribution in [3.05, 3.63) is 58.5 Å². The summed E-state index contributed by atoms with van der Waals surface area (Å²) < 4.78 is 43.1. The molecule has 0 unspecified atom stereocenters. The fraction of sp³-hybridized carbons (Fsp3) is 0.286. The molecule has 1 aliphatic heterocycles. The second-order valence-electron chi connectivity index (χ2n) is 7.36. The first-order valence-electron chi connectivity index (χ1n) is 9.77. The molecule has 1 atom stereocenters. The molecule has 172 valence electrons. The topological polar surface area (TPSA) is 101 Å². The molecule has 1 aromatic carbocycles. The predicted molar refractivity (Wildman–Crippen MR) is 111 cm³/mol. The van der Waals surface area contributed by atoms with Gasteiger partial charge in [-0.2, -0.15) is 0 Å². The van der Waals surface area contributed by atoms with Crippen LogP contribution in [0.1, 0.15) is 11.6 Å². The van der Waals surface area contributed by atoms with E-state index in [9.17, 15) is 27.9 Å². The van der Waals surface area contributed by atoms with Gasteiger partial charge in [-0.1, -0.05) is 24.1 Å². The molecule has 4 rings (SSSR count). The Morgan fingerprint density at radius 3 is 2.58 bits per heavy atom. The summed E-state index contributed by atoms with van der Waals surface area (Å²) >= 11 is 0. The van der Waals surface area contributed by atoms with E-state index < -0.39 is 42.4 Å². The number of nitrogens with zero attached hydrogens (tertiary/aromatic N) is 4. The third-order valence-corrected chi connectivity index (χ3v) is 4.98. The highest BCUT2D eigenvalue weighted by Gasteiger charge is 2.31. The lowest BCUT2D eigenvalue weighted by atomic mass is 10.1. The number of benzene rings is 1. The summed E-state index contributed by atoms with van der Waals surface area (Å²) in [6.45, 7) is 0.345. The Kier molecular flexibility index (Phi) is 5.73. The van der Waals surface area contributed by atoms with E-state index in [0.29, 0.717) is 30.1 Å². The summed E-state index contributed by atoms with van der Waals surface area (Å²) in [6, 6.07) is 8.88. The van der Waals surface area contributed by atoms with E-state index in [-0.39, 0.29) is 0 Å². The molecule has 3 aromatic rings. The molecule has 0 saturated carbocycles. The molecule has 3 heterocycles. The average molecular weight is 461 g/mol. The van der Waals surface area contributed by atoms with Gasteiger partial charge < -0.3 is 20.1 Å². The maximum atomic E-state index is 12.8. The van der Waals surface area contributed by atoms with Crippen LogP contribution in [0.15, 0.2) is 47.3 Å². The number of halogens is 3. The van der Waals surface area contributed by atoms with Crippen molar-refractivity contribution >= 4 is 17.4 Å². The van der Waals surface area contributed by atoms with Crippen molar-refractivity contribution in [3.63, 3.8) is 0 Å². The lowest BCUT2D eigenvalue weighted by Crippen LogP contribution is -2.52. The zero-order valence-corrected chi connectivity index (χ0v) is 17.0. The number of hydrogen-bond acceptors (Lipinski definition) is 6. The molecule has 1 saturated heterocycles. The molecular weight excluding hydrogens is 443 g/mol. The van der Waals surface area contributed by atoms with Crippen LogP contribution in [0.3, 0.4) is 0 Å². The first-order chi connectivity index (χ1) is 15.6. The lowest BCUT2D eigenvalue weighted by molar-refractivity contribution is -0.274. The van der Waals surface area contributed by atoms with Crippen molar-refractivity contribution < 1.29 is 27.8 Å². The van der Waals surface area contributed by atoms with Crippen LogP contribution in [-0.4, -0.2) is 50.8 Å². The highest BCUT2D eigenvalue weighted by atomic mass is 19.4. The Labute approximate surface area is 185 Å². The molecule has 9 nitrogen and oxygen atoms in total. The van der Waals surface area contributed by atoms with Gasteiger partial charge in [-0.05, 0) is 29.8 Å². The molecule has 1 amide bonds. The number of alkyl halides is 3. The number of aliphatic hydroxyl groups is 1. The number of hydrogen-bond donors (Lipinski definition) is 2. The van der Waals surface area contributed by atoms with E-state index >= 15 is 0 Å². The van der Waals surface area contributed by atoms with Gasteiger partial charge in [0.15, 0.2) is 5.65 Å². The Hall–Kier alpha value is -3.98. The normalized spacial score (nSPS) is 15.1. The first-order valence-corrected chi connectivity index (χ1v) is 9.77. The Morgan fingerprint density at radius 1 is 1.27 bits per heavy atom. The Morgan fingerprint density at radius 2 is 1.97 bits per heavy atom. The minimum Gasteiger partial charge on any atom is -0.406 e. The number of carbonyl (C=O) groups excluding carboxylic acids is 1. The predicted octanol–water partition coefficient (Wildman–Crippen LogP) is 1.07. The Bertz CT molecular complexity index is 1270. The van der Waals surface area contributed by atoms with Crippen LogP contribution in [0, 0.1) is 12.3 Å². The van der Waals surface area contributed by atoms with E-state index in [2.05, 4.69) is 21.1 Å². The molecule has 0 spiro atoms. The SMILES string of the molecule is C#C[C@H](NC(=O)Cn1nc2cccc(N3CC(O)C3)n2c1=O)c1ccc(OC(F)(F)F)cc1. The molecule has 1 fully saturated rings. The van der Waals surface area contributed by atoms with Crippen molar-refractivity contribution in [2.75, 3.05) is 18.0 Å². The van der Waals surface area contributed by atoms with Crippen LogP contribution in [0.4, 0.5) is 19.0 Å². The number of terminal acetylenes is 1. The molecule has 0 aliphatic carbocycles. The zero-order valence-electron chi connectivity index (χ0n) is 17.0. The standard InChI is InChI=1S/C21H18F3N5O4/c1-2-16(13-6-8-15(9-7-13)33-21(22,23)24)25-18(31)12-28-20(32)29-17(26-28)4-3-5-19(29)27-10-14(30)11-27/h1,3-9,14,16,30H,10-12H2,(H,25,31)/t16-/m0/s1. The zero-order chi connectivity index (χ0) is 23.8. The largest absolute Gasteiger partial charge is 0.573 e. The summed E-state index contributed by atoms with van der Waals surface area (Å²) in [7, 11) is 0. The summed E-state index contributed by atoms with van der Waals surface area (Å²) in [4.78, 5) is 27.2. The summed E-state index contributed by atoms with van der Waals surface area (Å²) in [5.41, 5.74) is 0.157. The van der Waals surface area contributed by atoms with Crippen LogP contribution in [0.2, 0.25) is 0 Å². The smallest absolute Gasteiger partial charge is 0.406 e. The number of aliphatic hydroxyl groups excluding tert-OH is 1. The first kappa shape index (κ1) is 22.2. The number of aromatic nitrogens is 3. The second-order valence-corrected chi connectivity index (χ2v) is 7.36. The van der Waals surface area contributed by atoms with Gasteiger partial charge in [0, 0.05) is 13.1 Å². The number of pyridine rings is 1.